The lowest BCUT2D eigenvalue weighted by Crippen LogP contribution is -2.29. The Morgan fingerprint density at radius 1 is 1.00 bits per heavy atom. The lowest BCUT2D eigenvalue weighted by molar-refractivity contribution is -0.148. The number of rotatable bonds is 8. The molecule has 0 aromatic heterocycles. The molecule has 2 aromatic carbocycles. The van der Waals surface area contributed by atoms with Crippen molar-refractivity contribution >= 4 is 23.6 Å². The average molecular weight is 399 g/mol. The highest BCUT2D eigenvalue weighted by atomic mass is 16.5. The van der Waals surface area contributed by atoms with Gasteiger partial charge in [0.25, 0.3) is 5.91 Å². The summed E-state index contributed by atoms with van der Waals surface area (Å²) in [5, 5.41) is 2.72. The molecule has 0 radical (unpaired) electrons. The average Bonchev–Trinajstić information content (AvgIpc) is 2.71. The maximum atomic E-state index is 12.2. The fourth-order valence-electron chi connectivity index (χ4n) is 2.60. The number of nitrogens with one attached hydrogen (secondary N) is 1. The van der Waals surface area contributed by atoms with Crippen molar-refractivity contribution in [2.24, 2.45) is 0 Å². The van der Waals surface area contributed by atoms with Crippen molar-refractivity contribution in [3.8, 4) is 17.2 Å². The molecule has 0 aliphatic heterocycles. The minimum absolute atomic E-state index is 0.412. The molecular weight excluding hydrogens is 374 g/mol. The highest BCUT2D eigenvalue weighted by Crippen LogP contribution is 2.38. The summed E-state index contributed by atoms with van der Waals surface area (Å²) in [7, 11) is 4.53. The number of methoxy groups -OCH3 is 3. The van der Waals surface area contributed by atoms with E-state index in [2.05, 4.69) is 5.32 Å². The van der Waals surface area contributed by atoms with Gasteiger partial charge in [0.15, 0.2) is 17.6 Å². The van der Waals surface area contributed by atoms with Gasteiger partial charge in [0, 0.05) is 11.8 Å². The summed E-state index contributed by atoms with van der Waals surface area (Å²) >= 11 is 0. The first kappa shape index (κ1) is 21.8. The number of aryl methyl sites for hydroxylation is 1. The minimum atomic E-state index is -0.951. The van der Waals surface area contributed by atoms with E-state index in [4.69, 9.17) is 18.9 Å². The second kappa shape index (κ2) is 10.2. The Kier molecular flexibility index (Phi) is 7.65. The van der Waals surface area contributed by atoms with Crippen molar-refractivity contribution in [2.75, 3.05) is 26.6 Å². The van der Waals surface area contributed by atoms with E-state index in [0.29, 0.717) is 28.5 Å². The second-order valence-corrected chi connectivity index (χ2v) is 6.23. The van der Waals surface area contributed by atoms with Gasteiger partial charge in [-0.3, -0.25) is 4.79 Å². The van der Waals surface area contributed by atoms with E-state index in [1.165, 1.54) is 40.4 Å². The van der Waals surface area contributed by atoms with Crippen molar-refractivity contribution in [1.29, 1.82) is 0 Å². The Labute approximate surface area is 170 Å². The Morgan fingerprint density at radius 3 is 2.21 bits per heavy atom. The van der Waals surface area contributed by atoms with E-state index in [9.17, 15) is 9.59 Å². The number of esters is 1. The number of carbonyl (C=O) groups excluding carboxylic acids is 2. The van der Waals surface area contributed by atoms with Gasteiger partial charge in [0.05, 0.1) is 21.3 Å². The number of amides is 1. The van der Waals surface area contributed by atoms with Crippen LogP contribution in [0, 0.1) is 6.92 Å². The Hall–Kier alpha value is -3.48. The van der Waals surface area contributed by atoms with Crippen molar-refractivity contribution in [3.63, 3.8) is 0 Å². The maximum Gasteiger partial charge on any atom is 0.331 e. The molecule has 0 saturated carbocycles. The molecule has 0 spiro atoms. The highest BCUT2D eigenvalue weighted by molar-refractivity contribution is 5.96. The molecule has 2 aromatic rings. The summed E-state index contributed by atoms with van der Waals surface area (Å²) in [6.07, 6.45) is 1.82. The summed E-state index contributed by atoms with van der Waals surface area (Å²) in [5.74, 6) is 0.323. The van der Waals surface area contributed by atoms with Crippen LogP contribution in [0.2, 0.25) is 0 Å². The largest absolute Gasteiger partial charge is 0.493 e. The van der Waals surface area contributed by atoms with Crippen LogP contribution in [0.3, 0.4) is 0 Å². The zero-order valence-corrected chi connectivity index (χ0v) is 17.1. The molecule has 1 N–H and O–H groups in total. The van der Waals surface area contributed by atoms with Gasteiger partial charge in [0.1, 0.15) is 0 Å². The van der Waals surface area contributed by atoms with Gasteiger partial charge in [-0.2, -0.15) is 0 Å². The van der Waals surface area contributed by atoms with Crippen LogP contribution >= 0.6 is 0 Å². The molecule has 1 atom stereocenters. The third kappa shape index (κ3) is 6.00. The normalized spacial score (nSPS) is 11.6. The third-order valence-electron chi connectivity index (χ3n) is 4.05. The molecule has 0 fully saturated rings. The zero-order chi connectivity index (χ0) is 21.4. The smallest absolute Gasteiger partial charge is 0.331 e. The maximum absolute atomic E-state index is 12.2. The van der Waals surface area contributed by atoms with Gasteiger partial charge >= 0.3 is 5.97 Å². The first-order valence-corrected chi connectivity index (χ1v) is 8.94. The molecular formula is C22H25NO6. The first-order valence-electron chi connectivity index (χ1n) is 8.94. The fraction of sp³-hybridized carbons (Fsp3) is 0.273. The number of benzene rings is 2. The van der Waals surface area contributed by atoms with Gasteiger partial charge in [-0.25, -0.2) is 4.79 Å². The van der Waals surface area contributed by atoms with Crippen LogP contribution in [0.25, 0.3) is 6.08 Å². The molecule has 1 amide bonds. The SMILES string of the molecule is COc1cc(/C=C/C(=O)O[C@@H](C)C(=O)Nc2cccc(C)c2)cc(OC)c1OC. The quantitative estimate of drug-likeness (QED) is 0.539. The van der Waals surface area contributed by atoms with E-state index in [0.717, 1.165) is 5.56 Å². The molecule has 0 heterocycles. The summed E-state index contributed by atoms with van der Waals surface area (Å²) < 4.78 is 21.0. The van der Waals surface area contributed by atoms with Gasteiger partial charge in [0.2, 0.25) is 5.75 Å². The molecule has 0 aliphatic carbocycles. The van der Waals surface area contributed by atoms with Crippen molar-refractivity contribution in [1.82, 2.24) is 0 Å². The van der Waals surface area contributed by atoms with Crippen LogP contribution < -0.4 is 19.5 Å². The highest BCUT2D eigenvalue weighted by Gasteiger charge is 2.17. The minimum Gasteiger partial charge on any atom is -0.493 e. The third-order valence-corrected chi connectivity index (χ3v) is 4.05. The lowest BCUT2D eigenvalue weighted by Gasteiger charge is -2.13. The molecule has 2 rings (SSSR count). The second-order valence-electron chi connectivity index (χ2n) is 6.23. The van der Waals surface area contributed by atoms with Gasteiger partial charge in [-0.1, -0.05) is 12.1 Å². The predicted octanol–water partition coefficient (Wildman–Crippen LogP) is 3.60. The van der Waals surface area contributed by atoms with Crippen LogP contribution in [-0.2, 0) is 14.3 Å². The summed E-state index contributed by atoms with van der Waals surface area (Å²) in [6.45, 7) is 3.43. The van der Waals surface area contributed by atoms with Crippen molar-refractivity contribution < 1.29 is 28.5 Å². The topological polar surface area (TPSA) is 83.1 Å². The molecule has 0 saturated heterocycles. The van der Waals surface area contributed by atoms with Gasteiger partial charge < -0.3 is 24.3 Å². The number of anilines is 1. The van der Waals surface area contributed by atoms with E-state index in [-0.39, 0.29) is 0 Å². The Morgan fingerprint density at radius 2 is 1.66 bits per heavy atom. The summed E-state index contributed by atoms with van der Waals surface area (Å²) in [5.41, 5.74) is 2.31. The molecule has 0 unspecified atom stereocenters. The number of hydrogen-bond donors (Lipinski definition) is 1. The molecule has 154 valence electrons. The lowest BCUT2D eigenvalue weighted by atomic mass is 10.1. The predicted molar refractivity (Wildman–Crippen MR) is 110 cm³/mol. The van der Waals surface area contributed by atoms with Gasteiger partial charge in [-0.05, 0) is 55.3 Å². The number of ether oxygens (including phenoxy) is 4. The van der Waals surface area contributed by atoms with E-state index >= 15 is 0 Å². The van der Waals surface area contributed by atoms with Crippen LogP contribution in [0.15, 0.2) is 42.5 Å². The molecule has 29 heavy (non-hydrogen) atoms. The monoisotopic (exact) mass is 399 g/mol. The molecule has 0 bridgehead atoms. The van der Waals surface area contributed by atoms with Gasteiger partial charge in [-0.15, -0.1) is 0 Å². The van der Waals surface area contributed by atoms with Crippen LogP contribution in [0.1, 0.15) is 18.1 Å². The molecule has 7 nitrogen and oxygen atoms in total. The van der Waals surface area contributed by atoms with E-state index in [1.807, 2.05) is 25.1 Å². The number of carbonyl (C=O) groups is 2. The Bertz CT molecular complexity index is 881. The zero-order valence-electron chi connectivity index (χ0n) is 17.1. The van der Waals surface area contributed by atoms with E-state index in [1.54, 1.807) is 18.2 Å². The summed E-state index contributed by atoms with van der Waals surface area (Å²) in [4.78, 5) is 24.3. The molecule has 0 aliphatic rings. The van der Waals surface area contributed by atoms with Crippen molar-refractivity contribution in [2.45, 2.75) is 20.0 Å². The number of hydrogen-bond acceptors (Lipinski definition) is 6. The molecule has 7 heteroatoms. The van der Waals surface area contributed by atoms with Crippen molar-refractivity contribution in [3.05, 3.63) is 53.6 Å². The van der Waals surface area contributed by atoms with E-state index < -0.39 is 18.0 Å². The summed E-state index contributed by atoms with van der Waals surface area (Å²) in [6, 6.07) is 10.7. The Balaban J connectivity index is 2.02. The van der Waals surface area contributed by atoms with Crippen LogP contribution in [0.5, 0.6) is 17.2 Å². The van der Waals surface area contributed by atoms with Crippen LogP contribution in [0.4, 0.5) is 5.69 Å². The van der Waals surface area contributed by atoms with Crippen LogP contribution in [-0.4, -0.2) is 39.3 Å². The standard InChI is InChI=1S/C22H25NO6/c1-14-7-6-8-17(11-14)23-22(25)15(2)29-20(24)10-9-16-12-18(26-3)21(28-5)19(13-16)27-4/h6-13,15H,1-5H3,(H,23,25)/b10-9+/t15-/m0/s1. The first-order chi connectivity index (χ1) is 13.9. The fourth-order valence-corrected chi connectivity index (χ4v) is 2.60.